The zero-order chi connectivity index (χ0) is 18.4. The molecule has 0 aliphatic heterocycles. The van der Waals surface area contributed by atoms with E-state index in [-0.39, 0.29) is 26.0 Å². The van der Waals surface area contributed by atoms with Gasteiger partial charge in [-0.05, 0) is 37.3 Å². The van der Waals surface area contributed by atoms with Crippen LogP contribution < -0.4 is 0 Å². The van der Waals surface area contributed by atoms with Crippen LogP contribution in [-0.2, 0) is 21.2 Å². The Balaban J connectivity index is 2.38. The molecule has 1 N–H and O–H groups in total. The number of hydrogen-bond donors (Lipinski definition) is 1. The number of hydrogen-bond acceptors (Lipinski definition) is 4. The molecule has 0 aliphatic rings. The molecule has 0 radical (unpaired) electrons. The number of halogens is 2. The zero-order valence-corrected chi connectivity index (χ0v) is 15.2. The van der Waals surface area contributed by atoms with Crippen molar-refractivity contribution in [2.75, 3.05) is 0 Å². The van der Waals surface area contributed by atoms with Crippen LogP contribution in [0.25, 0.3) is 10.9 Å². The van der Waals surface area contributed by atoms with Gasteiger partial charge in [0.2, 0.25) is 9.84 Å². The monoisotopic (exact) mass is 398 g/mol. The molecule has 0 saturated carbocycles. The van der Waals surface area contributed by atoms with Crippen LogP contribution in [0.3, 0.4) is 0 Å². The van der Waals surface area contributed by atoms with Gasteiger partial charge >= 0.3 is 5.97 Å². The average Bonchev–Trinajstić information content (AvgIpc) is 2.82. The van der Waals surface area contributed by atoms with Crippen molar-refractivity contribution >= 4 is 49.9 Å². The third-order valence-electron chi connectivity index (χ3n) is 3.82. The Kier molecular flexibility index (Phi) is 4.49. The highest BCUT2D eigenvalue weighted by Crippen LogP contribution is 2.37. The van der Waals surface area contributed by atoms with Crippen molar-refractivity contribution in [2.45, 2.75) is 23.3 Å². The van der Waals surface area contributed by atoms with E-state index in [9.17, 15) is 13.2 Å². The zero-order valence-electron chi connectivity index (χ0n) is 12.9. The fraction of sp³-hybridized carbons (Fsp3) is 0.125. The Labute approximate surface area is 153 Å². The van der Waals surface area contributed by atoms with Gasteiger partial charge in [-0.2, -0.15) is 0 Å². The first-order chi connectivity index (χ1) is 11.7. The molecule has 0 spiro atoms. The predicted octanol–water partition coefficient (Wildman–Crippen LogP) is 3.57. The smallest absolute Gasteiger partial charge is 0.323 e. The summed E-state index contributed by atoms with van der Waals surface area (Å²) < 4.78 is 27.7. The van der Waals surface area contributed by atoms with Crippen molar-refractivity contribution in [1.29, 1.82) is 0 Å². The van der Waals surface area contributed by atoms with E-state index in [4.69, 9.17) is 28.3 Å². The average molecular weight is 399 g/mol. The van der Waals surface area contributed by atoms with Gasteiger partial charge in [-0.25, -0.2) is 13.4 Å². The standard InChI is InChI=1S/C16H12Cl2N2O4S/c1-9-15(25(23,24)11-4-2-10(17)3-5-11)14-12(6-7-19-16(14)18)20(9)8-13(21)22/h2-7H,8H2,1H3,(H,21,22). The predicted molar refractivity (Wildman–Crippen MR) is 94.0 cm³/mol. The molecule has 0 aliphatic carbocycles. The summed E-state index contributed by atoms with van der Waals surface area (Å²) in [6, 6.07) is 7.27. The van der Waals surface area contributed by atoms with E-state index in [1.54, 1.807) is 6.92 Å². The third kappa shape index (κ3) is 2.99. The van der Waals surface area contributed by atoms with E-state index in [1.807, 2.05) is 0 Å². The topological polar surface area (TPSA) is 89.3 Å². The molecule has 0 saturated heterocycles. The maximum atomic E-state index is 13.1. The lowest BCUT2D eigenvalue weighted by Gasteiger charge is -2.07. The summed E-state index contributed by atoms with van der Waals surface area (Å²) in [7, 11) is -3.95. The first kappa shape index (κ1) is 17.7. The van der Waals surface area contributed by atoms with Gasteiger partial charge < -0.3 is 9.67 Å². The Morgan fingerprint density at radius 3 is 2.44 bits per heavy atom. The van der Waals surface area contributed by atoms with Crippen molar-refractivity contribution in [3.05, 3.63) is 52.4 Å². The molecule has 0 amide bonds. The number of aliphatic carboxylic acids is 1. The molecule has 3 rings (SSSR count). The Morgan fingerprint density at radius 2 is 1.84 bits per heavy atom. The van der Waals surface area contributed by atoms with Gasteiger partial charge in [0, 0.05) is 16.9 Å². The number of benzene rings is 1. The second kappa shape index (κ2) is 6.33. The molecule has 3 aromatic rings. The lowest BCUT2D eigenvalue weighted by Crippen LogP contribution is -2.11. The lowest BCUT2D eigenvalue weighted by molar-refractivity contribution is -0.137. The number of carbonyl (C=O) groups is 1. The normalized spacial score (nSPS) is 11.8. The molecule has 1 aromatic carbocycles. The van der Waals surface area contributed by atoms with Gasteiger partial charge in [-0.15, -0.1) is 0 Å². The molecular weight excluding hydrogens is 387 g/mol. The summed E-state index contributed by atoms with van der Waals surface area (Å²) in [5.41, 5.74) is 0.676. The van der Waals surface area contributed by atoms with Crippen LogP contribution in [0.1, 0.15) is 5.69 Å². The van der Waals surface area contributed by atoms with Gasteiger partial charge in [0.1, 0.15) is 16.6 Å². The molecule has 9 heteroatoms. The largest absolute Gasteiger partial charge is 0.480 e. The highest BCUT2D eigenvalue weighted by Gasteiger charge is 2.29. The van der Waals surface area contributed by atoms with Crippen molar-refractivity contribution < 1.29 is 18.3 Å². The van der Waals surface area contributed by atoms with Crippen LogP contribution >= 0.6 is 23.2 Å². The van der Waals surface area contributed by atoms with Crippen LogP contribution in [0.2, 0.25) is 10.2 Å². The number of sulfone groups is 1. The van der Waals surface area contributed by atoms with E-state index in [2.05, 4.69) is 4.98 Å². The van der Waals surface area contributed by atoms with Crippen LogP contribution in [-0.4, -0.2) is 29.0 Å². The summed E-state index contributed by atoms with van der Waals surface area (Å²) in [6.45, 7) is 1.15. The molecular formula is C16H12Cl2N2O4S. The summed E-state index contributed by atoms with van der Waals surface area (Å²) in [5, 5.41) is 9.76. The molecule has 0 unspecified atom stereocenters. The fourth-order valence-corrected chi connectivity index (χ4v) is 4.87. The Hall–Kier alpha value is -2.09. The van der Waals surface area contributed by atoms with Gasteiger partial charge in [0.25, 0.3) is 0 Å². The van der Waals surface area contributed by atoms with Crippen LogP contribution in [0.5, 0.6) is 0 Å². The van der Waals surface area contributed by atoms with Gasteiger partial charge in [0.05, 0.1) is 15.8 Å². The molecule has 2 aromatic heterocycles. The van der Waals surface area contributed by atoms with E-state index >= 15 is 0 Å². The molecule has 25 heavy (non-hydrogen) atoms. The lowest BCUT2D eigenvalue weighted by atomic mass is 10.3. The third-order valence-corrected chi connectivity index (χ3v) is 6.29. The van der Waals surface area contributed by atoms with E-state index in [0.717, 1.165) is 0 Å². The summed E-state index contributed by atoms with van der Waals surface area (Å²) in [4.78, 5) is 15.1. The molecule has 0 bridgehead atoms. The van der Waals surface area contributed by atoms with Crippen molar-refractivity contribution in [2.24, 2.45) is 0 Å². The van der Waals surface area contributed by atoms with Crippen LogP contribution in [0, 0.1) is 6.92 Å². The number of nitrogens with zero attached hydrogens (tertiary/aromatic N) is 2. The highest BCUT2D eigenvalue weighted by atomic mass is 35.5. The minimum Gasteiger partial charge on any atom is -0.480 e. The second-order valence-corrected chi connectivity index (χ2v) is 8.03. The Morgan fingerprint density at radius 1 is 1.20 bits per heavy atom. The Bertz CT molecular complexity index is 1090. The number of rotatable bonds is 4. The number of fused-ring (bicyclic) bond motifs is 1. The first-order valence-corrected chi connectivity index (χ1v) is 9.33. The van der Waals surface area contributed by atoms with Gasteiger partial charge in [-0.3, -0.25) is 4.79 Å². The summed E-state index contributed by atoms with van der Waals surface area (Å²) >= 11 is 12.0. The number of pyridine rings is 1. The summed E-state index contributed by atoms with van der Waals surface area (Å²) in [6.07, 6.45) is 1.40. The molecule has 6 nitrogen and oxygen atoms in total. The minimum absolute atomic E-state index is 0.00252. The molecule has 0 atom stereocenters. The van der Waals surface area contributed by atoms with E-state index in [0.29, 0.717) is 10.5 Å². The van der Waals surface area contributed by atoms with Crippen LogP contribution in [0.15, 0.2) is 46.3 Å². The number of carboxylic acids is 1. The maximum Gasteiger partial charge on any atom is 0.323 e. The first-order valence-electron chi connectivity index (χ1n) is 7.09. The number of aromatic nitrogens is 2. The quantitative estimate of drug-likeness (QED) is 0.678. The minimum atomic E-state index is -3.95. The summed E-state index contributed by atoms with van der Waals surface area (Å²) in [5.74, 6) is -1.09. The van der Waals surface area contributed by atoms with E-state index < -0.39 is 22.4 Å². The fourth-order valence-electron chi connectivity index (χ4n) is 2.75. The van der Waals surface area contributed by atoms with Crippen molar-refractivity contribution in [1.82, 2.24) is 9.55 Å². The van der Waals surface area contributed by atoms with Crippen molar-refractivity contribution in [3.8, 4) is 0 Å². The van der Waals surface area contributed by atoms with Crippen LogP contribution in [0.4, 0.5) is 0 Å². The van der Waals surface area contributed by atoms with Crippen molar-refractivity contribution in [3.63, 3.8) is 0 Å². The molecule has 130 valence electrons. The second-order valence-electron chi connectivity index (χ2n) is 5.35. The van der Waals surface area contributed by atoms with Gasteiger partial charge in [0.15, 0.2) is 0 Å². The maximum absolute atomic E-state index is 13.1. The van der Waals surface area contributed by atoms with Gasteiger partial charge in [-0.1, -0.05) is 23.2 Å². The molecule has 2 heterocycles. The number of carboxylic acid groups (broad SMARTS) is 1. The van der Waals surface area contributed by atoms with E-state index in [1.165, 1.54) is 41.1 Å². The molecule has 0 fully saturated rings. The SMILES string of the molecule is Cc1c(S(=O)(=O)c2ccc(Cl)cc2)c2c(Cl)nccc2n1CC(=O)O. The highest BCUT2D eigenvalue weighted by molar-refractivity contribution is 7.91.